The Bertz CT molecular complexity index is 1150. The predicted molar refractivity (Wildman–Crippen MR) is 134 cm³/mol. The molecule has 3 heterocycles. The number of sulfonamides is 1. The van der Waals surface area contributed by atoms with E-state index in [9.17, 15) is 8.42 Å². The van der Waals surface area contributed by atoms with Crippen LogP contribution in [-0.4, -0.2) is 82.3 Å². The van der Waals surface area contributed by atoms with Crippen LogP contribution in [-0.2, 0) is 21.3 Å². The van der Waals surface area contributed by atoms with Gasteiger partial charge in [-0.1, -0.05) is 18.7 Å². The lowest BCUT2D eigenvalue weighted by molar-refractivity contribution is 0.146. The molecule has 2 aliphatic rings. The van der Waals surface area contributed by atoms with Crippen molar-refractivity contribution in [3.05, 3.63) is 64.0 Å². The van der Waals surface area contributed by atoms with Gasteiger partial charge in [0.05, 0.1) is 12.9 Å². The van der Waals surface area contributed by atoms with Crippen molar-refractivity contribution in [1.29, 1.82) is 0 Å². The van der Waals surface area contributed by atoms with Gasteiger partial charge in [-0.05, 0) is 23.8 Å². The number of methoxy groups -OCH3 is 1. The van der Waals surface area contributed by atoms with Crippen molar-refractivity contribution in [2.75, 3.05) is 59.8 Å². The molecule has 2 aromatic rings. The summed E-state index contributed by atoms with van der Waals surface area (Å²) in [6.45, 7) is 8.71. The van der Waals surface area contributed by atoms with Gasteiger partial charge in [-0.2, -0.15) is 4.31 Å². The molecule has 0 amide bonds. The highest BCUT2D eigenvalue weighted by Gasteiger charge is 2.26. The highest BCUT2D eigenvalue weighted by atomic mass is 32.2. The van der Waals surface area contributed by atoms with Gasteiger partial charge in [-0.3, -0.25) is 4.90 Å². The van der Waals surface area contributed by atoms with Gasteiger partial charge in [0.1, 0.15) is 12.4 Å². The van der Waals surface area contributed by atoms with Crippen LogP contribution in [0.1, 0.15) is 20.9 Å². The van der Waals surface area contributed by atoms with E-state index in [2.05, 4.69) is 40.8 Å². The molecule has 7 nitrogen and oxygen atoms in total. The molecule has 1 aromatic heterocycles. The summed E-state index contributed by atoms with van der Waals surface area (Å²) < 4.78 is 36.0. The number of nitrogens with zero attached hydrogens (tertiary/aromatic N) is 3. The van der Waals surface area contributed by atoms with Crippen LogP contribution in [0.4, 0.5) is 0 Å². The van der Waals surface area contributed by atoms with Crippen LogP contribution in [0.2, 0.25) is 0 Å². The highest BCUT2D eigenvalue weighted by Crippen LogP contribution is 2.42. The number of thiophene rings is 1. The molecule has 0 N–H and O–H groups in total. The summed E-state index contributed by atoms with van der Waals surface area (Å²) in [7, 11) is 0.564. The Morgan fingerprint density at radius 1 is 1.12 bits per heavy atom. The number of fused-ring (bicyclic) bond motifs is 1. The minimum atomic E-state index is -3.12. The summed E-state index contributed by atoms with van der Waals surface area (Å²) in [5.74, 6) is 0.819. The first kappa shape index (κ1) is 24.0. The Balaban J connectivity index is 1.54. The van der Waals surface area contributed by atoms with E-state index in [4.69, 9.17) is 9.47 Å². The van der Waals surface area contributed by atoms with Gasteiger partial charge < -0.3 is 14.4 Å². The number of ether oxygens (including phenoxy) is 2. The molecule has 0 atom stereocenters. The maximum Gasteiger partial charge on any atom is 0.211 e. The molecule has 9 heteroatoms. The molecule has 0 radical (unpaired) electrons. The second-order valence-electron chi connectivity index (χ2n) is 8.36. The first-order valence-corrected chi connectivity index (χ1v) is 13.6. The number of hydrogen-bond acceptors (Lipinski definition) is 7. The molecular formula is C24H31N3O4S2. The van der Waals surface area contributed by atoms with E-state index in [1.54, 1.807) is 22.8 Å². The topological polar surface area (TPSA) is 62.3 Å². The fourth-order valence-electron chi connectivity index (χ4n) is 4.10. The third-order valence-electron chi connectivity index (χ3n) is 5.97. The predicted octanol–water partition coefficient (Wildman–Crippen LogP) is 3.16. The quantitative estimate of drug-likeness (QED) is 0.531. The first-order valence-electron chi connectivity index (χ1n) is 10.9. The minimum Gasteiger partial charge on any atom is -0.491 e. The molecular weight excluding hydrogens is 458 g/mol. The van der Waals surface area contributed by atoms with Crippen LogP contribution < -0.4 is 4.74 Å². The maximum atomic E-state index is 11.8. The zero-order valence-corrected chi connectivity index (χ0v) is 21.0. The lowest BCUT2D eigenvalue weighted by Crippen LogP contribution is -2.47. The molecule has 178 valence electrons. The van der Waals surface area contributed by atoms with E-state index in [0.717, 1.165) is 47.8 Å². The third kappa shape index (κ3) is 5.50. The molecule has 0 aliphatic carbocycles. The molecule has 4 rings (SSSR count). The summed E-state index contributed by atoms with van der Waals surface area (Å²) >= 11 is 1.78. The van der Waals surface area contributed by atoms with Crippen molar-refractivity contribution >= 4 is 32.6 Å². The van der Waals surface area contributed by atoms with Crippen molar-refractivity contribution in [2.24, 2.45) is 0 Å². The standard InChI is InChI=1S/C24H31N3O4S2/c1-18-22-15-21(16-26-8-10-27(11-9-26)33(4,28)29)32-24(22)23(17-25(18)2)19-6-5-7-20(14-19)31-13-12-30-3/h5-7,14-15,17H,1,8-13,16H2,2-4H3. The number of piperazine rings is 1. The SMILES string of the molecule is C=C1c2cc(CN3CCN(S(C)(=O)=O)CC3)sc2C(c2cccc(OCCOC)c2)=CN1C. The maximum absolute atomic E-state index is 11.8. The van der Waals surface area contributed by atoms with E-state index < -0.39 is 10.0 Å². The third-order valence-corrected chi connectivity index (χ3v) is 8.42. The molecule has 0 bridgehead atoms. The summed E-state index contributed by atoms with van der Waals surface area (Å²) in [4.78, 5) is 6.84. The normalized spacial score (nSPS) is 17.7. The van der Waals surface area contributed by atoms with Crippen molar-refractivity contribution in [1.82, 2.24) is 14.1 Å². The van der Waals surface area contributed by atoms with Crippen LogP contribution in [0, 0.1) is 0 Å². The average molecular weight is 490 g/mol. The Labute approximate surface area is 200 Å². The molecule has 2 aliphatic heterocycles. The zero-order valence-electron chi connectivity index (χ0n) is 19.4. The minimum absolute atomic E-state index is 0.511. The fraction of sp³-hybridized carbons (Fsp3) is 0.417. The van der Waals surface area contributed by atoms with E-state index in [1.807, 2.05) is 19.2 Å². The monoisotopic (exact) mass is 489 g/mol. The molecule has 1 aromatic carbocycles. The van der Waals surface area contributed by atoms with Gasteiger partial charge in [-0.15, -0.1) is 11.3 Å². The van der Waals surface area contributed by atoms with E-state index in [-0.39, 0.29) is 0 Å². The Morgan fingerprint density at radius 2 is 1.88 bits per heavy atom. The molecule has 1 fully saturated rings. The van der Waals surface area contributed by atoms with Crippen molar-refractivity contribution in [3.63, 3.8) is 0 Å². The Hall–Kier alpha value is -2.17. The molecule has 1 saturated heterocycles. The van der Waals surface area contributed by atoms with E-state index >= 15 is 0 Å². The second-order valence-corrected chi connectivity index (χ2v) is 11.5. The zero-order chi connectivity index (χ0) is 23.6. The van der Waals surface area contributed by atoms with Gasteiger partial charge >= 0.3 is 0 Å². The Morgan fingerprint density at radius 3 is 2.58 bits per heavy atom. The second kappa shape index (κ2) is 9.99. The molecule has 0 unspecified atom stereocenters. The average Bonchev–Trinajstić information content (AvgIpc) is 3.20. The van der Waals surface area contributed by atoms with Gasteiger partial charge in [-0.25, -0.2) is 8.42 Å². The van der Waals surface area contributed by atoms with Crippen molar-refractivity contribution < 1.29 is 17.9 Å². The summed E-state index contributed by atoms with van der Waals surface area (Å²) in [6, 6.07) is 10.4. The van der Waals surface area contributed by atoms with Crippen LogP contribution >= 0.6 is 11.3 Å². The summed E-state index contributed by atoms with van der Waals surface area (Å²) in [6.07, 6.45) is 3.41. The summed E-state index contributed by atoms with van der Waals surface area (Å²) in [5.41, 5.74) is 4.37. The van der Waals surface area contributed by atoms with Gasteiger partial charge in [0, 0.05) is 79.7 Å². The van der Waals surface area contributed by atoms with E-state index in [0.29, 0.717) is 26.3 Å². The molecule has 0 spiro atoms. The van der Waals surface area contributed by atoms with E-state index in [1.165, 1.54) is 16.0 Å². The molecule has 33 heavy (non-hydrogen) atoms. The molecule has 0 saturated carbocycles. The van der Waals surface area contributed by atoms with Crippen LogP contribution in [0.3, 0.4) is 0 Å². The fourth-order valence-corrected chi connectivity index (χ4v) is 6.18. The van der Waals surface area contributed by atoms with Crippen molar-refractivity contribution in [3.8, 4) is 5.75 Å². The van der Waals surface area contributed by atoms with Crippen LogP contribution in [0.5, 0.6) is 5.75 Å². The smallest absolute Gasteiger partial charge is 0.211 e. The van der Waals surface area contributed by atoms with Gasteiger partial charge in [0.2, 0.25) is 10.0 Å². The number of rotatable bonds is 8. The van der Waals surface area contributed by atoms with Crippen LogP contribution in [0.15, 0.2) is 43.1 Å². The lowest BCUT2D eigenvalue weighted by Gasteiger charge is -2.32. The number of hydrogen-bond donors (Lipinski definition) is 0. The Kier molecular flexibility index (Phi) is 7.25. The largest absolute Gasteiger partial charge is 0.491 e. The van der Waals surface area contributed by atoms with Crippen molar-refractivity contribution in [2.45, 2.75) is 6.54 Å². The van der Waals surface area contributed by atoms with Gasteiger partial charge in [0.15, 0.2) is 0 Å². The lowest BCUT2D eigenvalue weighted by atomic mass is 9.98. The first-order chi connectivity index (χ1) is 15.8. The summed E-state index contributed by atoms with van der Waals surface area (Å²) in [5, 5.41) is 0. The van der Waals surface area contributed by atoms with Gasteiger partial charge in [0.25, 0.3) is 0 Å². The highest BCUT2D eigenvalue weighted by molar-refractivity contribution is 7.88. The van der Waals surface area contributed by atoms with Crippen LogP contribution in [0.25, 0.3) is 11.3 Å². The number of benzene rings is 1.